The number of ether oxygens (including phenoxy) is 1. The first-order valence-corrected chi connectivity index (χ1v) is 8.61. The zero-order chi connectivity index (χ0) is 18.1. The van der Waals surface area contributed by atoms with Gasteiger partial charge in [-0.3, -0.25) is 0 Å². The largest absolute Gasteiger partial charge is 0.497 e. The van der Waals surface area contributed by atoms with Crippen molar-refractivity contribution in [2.24, 2.45) is 4.99 Å². The van der Waals surface area contributed by atoms with Gasteiger partial charge in [0.1, 0.15) is 5.75 Å². The molecule has 0 N–H and O–H groups in total. The maximum absolute atomic E-state index is 5.25. The summed E-state index contributed by atoms with van der Waals surface area (Å²) in [6.45, 7) is 6.08. The Labute approximate surface area is 150 Å². The van der Waals surface area contributed by atoms with E-state index in [2.05, 4.69) is 31.2 Å². The van der Waals surface area contributed by atoms with E-state index in [4.69, 9.17) is 9.73 Å². The Morgan fingerprint density at radius 2 is 1.28 bits per heavy atom. The predicted molar refractivity (Wildman–Crippen MR) is 107 cm³/mol. The number of nitrogens with zero attached hydrogens (tertiary/aromatic N) is 1. The van der Waals surface area contributed by atoms with Gasteiger partial charge in [0.2, 0.25) is 0 Å². The number of rotatable bonds is 4. The van der Waals surface area contributed by atoms with Crippen LogP contribution in [0.1, 0.15) is 30.5 Å². The number of aliphatic imine (C=N–C) groups is 1. The van der Waals surface area contributed by atoms with Gasteiger partial charge in [0.15, 0.2) is 0 Å². The maximum atomic E-state index is 5.25. The molecule has 0 saturated heterocycles. The highest BCUT2D eigenvalue weighted by atomic mass is 16.5. The van der Waals surface area contributed by atoms with Gasteiger partial charge in [0.05, 0.1) is 18.5 Å². The van der Waals surface area contributed by atoms with E-state index in [1.54, 1.807) is 7.11 Å². The molecule has 0 aliphatic rings. The molecule has 0 aliphatic heterocycles. The second kappa shape index (κ2) is 9.43. The van der Waals surface area contributed by atoms with Gasteiger partial charge < -0.3 is 4.74 Å². The molecule has 0 aliphatic carbocycles. The lowest BCUT2D eigenvalue weighted by Gasteiger charge is -2.09. The average molecular weight is 331 g/mol. The lowest BCUT2D eigenvalue weighted by molar-refractivity contribution is 0.415. The van der Waals surface area contributed by atoms with Gasteiger partial charge in [0.25, 0.3) is 0 Å². The smallest absolute Gasteiger partial charge is 0.118 e. The SMILES string of the molecule is CC.COc1ccc(C(=Nc2ccc(C)cc2)c2ccccc2)cc1. The summed E-state index contributed by atoms with van der Waals surface area (Å²) in [5.74, 6) is 0.844. The van der Waals surface area contributed by atoms with Gasteiger partial charge in [-0.15, -0.1) is 0 Å². The molecule has 25 heavy (non-hydrogen) atoms. The molecule has 0 saturated carbocycles. The average Bonchev–Trinajstić information content (AvgIpc) is 2.70. The molecule has 0 atom stereocenters. The van der Waals surface area contributed by atoms with Crippen LogP contribution >= 0.6 is 0 Å². The number of hydrogen-bond acceptors (Lipinski definition) is 2. The van der Waals surface area contributed by atoms with Crippen molar-refractivity contribution in [1.29, 1.82) is 0 Å². The maximum Gasteiger partial charge on any atom is 0.118 e. The molecular weight excluding hydrogens is 306 g/mol. The number of aryl methyl sites for hydroxylation is 1. The molecule has 0 bridgehead atoms. The van der Waals surface area contributed by atoms with Crippen LogP contribution in [0.4, 0.5) is 5.69 Å². The monoisotopic (exact) mass is 331 g/mol. The van der Waals surface area contributed by atoms with Crippen LogP contribution in [0.3, 0.4) is 0 Å². The molecular formula is C23H25NO. The fourth-order valence-corrected chi connectivity index (χ4v) is 2.39. The quantitative estimate of drug-likeness (QED) is 0.522. The summed E-state index contributed by atoms with van der Waals surface area (Å²) in [6, 6.07) is 26.5. The van der Waals surface area contributed by atoms with E-state index < -0.39 is 0 Å². The summed E-state index contributed by atoms with van der Waals surface area (Å²) in [5.41, 5.74) is 5.30. The molecule has 2 heteroatoms. The van der Waals surface area contributed by atoms with Crippen molar-refractivity contribution in [3.8, 4) is 5.75 Å². The van der Waals surface area contributed by atoms with Crippen LogP contribution in [0.25, 0.3) is 0 Å². The first kappa shape index (κ1) is 18.5. The Hall–Kier alpha value is -2.87. The molecule has 0 amide bonds. The van der Waals surface area contributed by atoms with Crippen molar-refractivity contribution in [2.45, 2.75) is 20.8 Å². The predicted octanol–water partition coefficient (Wildman–Crippen LogP) is 6.20. The van der Waals surface area contributed by atoms with E-state index in [-0.39, 0.29) is 0 Å². The van der Waals surface area contributed by atoms with Gasteiger partial charge in [-0.25, -0.2) is 4.99 Å². The Bertz CT molecular complexity index is 788. The first-order chi connectivity index (χ1) is 12.3. The Morgan fingerprint density at radius 3 is 1.84 bits per heavy atom. The third kappa shape index (κ3) is 5.05. The van der Waals surface area contributed by atoms with Gasteiger partial charge in [-0.1, -0.05) is 61.9 Å². The van der Waals surface area contributed by atoms with Crippen molar-refractivity contribution in [3.63, 3.8) is 0 Å². The van der Waals surface area contributed by atoms with E-state index in [1.807, 2.05) is 68.4 Å². The lowest BCUT2D eigenvalue weighted by atomic mass is 10.0. The molecule has 3 rings (SSSR count). The van der Waals surface area contributed by atoms with Crippen LogP contribution in [-0.2, 0) is 0 Å². The minimum absolute atomic E-state index is 0.844. The first-order valence-electron chi connectivity index (χ1n) is 8.61. The van der Waals surface area contributed by atoms with E-state index in [0.29, 0.717) is 0 Å². The molecule has 3 aromatic carbocycles. The van der Waals surface area contributed by atoms with Crippen molar-refractivity contribution in [3.05, 3.63) is 95.6 Å². The van der Waals surface area contributed by atoms with E-state index in [9.17, 15) is 0 Å². The zero-order valence-corrected chi connectivity index (χ0v) is 15.4. The van der Waals surface area contributed by atoms with Crippen LogP contribution in [0.15, 0.2) is 83.9 Å². The topological polar surface area (TPSA) is 21.6 Å². The van der Waals surface area contributed by atoms with Crippen LogP contribution in [0.2, 0.25) is 0 Å². The highest BCUT2D eigenvalue weighted by Gasteiger charge is 2.07. The van der Waals surface area contributed by atoms with Crippen LogP contribution in [0.5, 0.6) is 5.75 Å². The Kier molecular flexibility index (Phi) is 6.97. The number of benzene rings is 3. The molecule has 128 valence electrons. The summed E-state index contributed by atoms with van der Waals surface area (Å²) in [5, 5.41) is 0. The highest BCUT2D eigenvalue weighted by Crippen LogP contribution is 2.20. The molecule has 0 aromatic heterocycles. The van der Waals surface area contributed by atoms with Crippen molar-refractivity contribution in [1.82, 2.24) is 0 Å². The number of methoxy groups -OCH3 is 1. The van der Waals surface area contributed by atoms with Crippen LogP contribution in [-0.4, -0.2) is 12.8 Å². The minimum Gasteiger partial charge on any atom is -0.497 e. The van der Waals surface area contributed by atoms with Gasteiger partial charge >= 0.3 is 0 Å². The molecule has 3 aromatic rings. The standard InChI is InChI=1S/C21H19NO.C2H6/c1-16-8-12-19(13-9-16)22-21(17-6-4-3-5-7-17)18-10-14-20(23-2)15-11-18;1-2/h3-15H,1-2H3;1-2H3. The van der Waals surface area contributed by atoms with E-state index in [1.165, 1.54) is 5.56 Å². The summed E-state index contributed by atoms with van der Waals surface area (Å²) >= 11 is 0. The van der Waals surface area contributed by atoms with Gasteiger partial charge in [-0.2, -0.15) is 0 Å². The fraction of sp³-hybridized carbons (Fsp3) is 0.174. The van der Waals surface area contributed by atoms with Crippen LogP contribution in [0, 0.1) is 6.92 Å². The molecule has 2 nitrogen and oxygen atoms in total. The van der Waals surface area contributed by atoms with E-state index in [0.717, 1.165) is 28.3 Å². The van der Waals surface area contributed by atoms with Crippen molar-refractivity contribution >= 4 is 11.4 Å². The fourth-order valence-electron chi connectivity index (χ4n) is 2.39. The van der Waals surface area contributed by atoms with E-state index >= 15 is 0 Å². The van der Waals surface area contributed by atoms with Crippen LogP contribution < -0.4 is 4.74 Å². The number of hydrogen-bond donors (Lipinski definition) is 0. The second-order valence-electron chi connectivity index (χ2n) is 5.39. The molecule has 0 fully saturated rings. The summed E-state index contributed by atoms with van der Waals surface area (Å²) < 4.78 is 5.25. The third-order valence-electron chi connectivity index (χ3n) is 3.69. The normalized spacial score (nSPS) is 10.6. The molecule has 0 unspecified atom stereocenters. The second-order valence-corrected chi connectivity index (χ2v) is 5.39. The third-order valence-corrected chi connectivity index (χ3v) is 3.69. The van der Waals surface area contributed by atoms with Crippen molar-refractivity contribution in [2.75, 3.05) is 7.11 Å². The summed E-state index contributed by atoms with van der Waals surface area (Å²) in [6.07, 6.45) is 0. The Balaban J connectivity index is 0.00000109. The van der Waals surface area contributed by atoms with Crippen molar-refractivity contribution < 1.29 is 4.74 Å². The van der Waals surface area contributed by atoms with Gasteiger partial charge in [0, 0.05) is 11.1 Å². The minimum atomic E-state index is 0.844. The highest BCUT2D eigenvalue weighted by molar-refractivity contribution is 6.14. The molecule has 0 radical (unpaired) electrons. The Morgan fingerprint density at radius 1 is 0.720 bits per heavy atom. The van der Waals surface area contributed by atoms with Gasteiger partial charge in [-0.05, 0) is 43.3 Å². The zero-order valence-electron chi connectivity index (χ0n) is 15.4. The molecule has 0 heterocycles. The molecule has 0 spiro atoms. The summed E-state index contributed by atoms with van der Waals surface area (Å²) in [4.78, 5) is 4.87. The summed E-state index contributed by atoms with van der Waals surface area (Å²) in [7, 11) is 1.67. The lowest BCUT2D eigenvalue weighted by Crippen LogP contribution is -2.02.